The van der Waals surface area contributed by atoms with E-state index in [0.717, 1.165) is 22.3 Å². The first-order valence-electron chi connectivity index (χ1n) is 6.09. The van der Waals surface area contributed by atoms with Gasteiger partial charge < -0.3 is 0 Å². The zero-order chi connectivity index (χ0) is 13.9. The fourth-order valence-corrected chi connectivity index (χ4v) is 3.11. The van der Waals surface area contributed by atoms with E-state index < -0.39 is 0 Å². The second-order valence-corrected chi connectivity index (χ2v) is 5.39. The minimum absolute atomic E-state index is 0.0393. The normalized spacial score (nSPS) is 10.7. The molecular formula is C14H13N3O2Se. The summed E-state index contributed by atoms with van der Waals surface area (Å²) in [4.78, 5) is 0. The molecule has 0 saturated heterocycles. The molecule has 1 aromatic heterocycles. The number of ether oxygens (including phenoxy) is 1. The van der Waals surface area contributed by atoms with E-state index in [9.17, 15) is 5.11 Å². The number of aromatic nitrogens is 2. The minimum atomic E-state index is -0.0393. The Balaban J connectivity index is 1.81. The molecule has 0 atom stereocenters. The van der Waals surface area contributed by atoms with E-state index >= 15 is 0 Å². The van der Waals surface area contributed by atoms with Crippen molar-refractivity contribution in [2.75, 3.05) is 12.4 Å². The molecule has 3 aromatic rings. The van der Waals surface area contributed by atoms with Crippen LogP contribution >= 0.6 is 0 Å². The van der Waals surface area contributed by atoms with Crippen LogP contribution in [0.25, 0.3) is 11.0 Å². The molecule has 1 heterocycles. The van der Waals surface area contributed by atoms with Gasteiger partial charge >= 0.3 is 122 Å². The number of nitrogens with one attached hydrogen (secondary N) is 1. The van der Waals surface area contributed by atoms with Crippen molar-refractivity contribution in [2.45, 2.75) is 6.54 Å². The molecule has 2 N–H and O–H groups in total. The molecule has 0 bridgehead atoms. The van der Waals surface area contributed by atoms with Crippen molar-refractivity contribution in [2.24, 2.45) is 0 Å². The predicted molar refractivity (Wildman–Crippen MR) is 78.5 cm³/mol. The Morgan fingerprint density at radius 3 is 2.95 bits per heavy atom. The van der Waals surface area contributed by atoms with Crippen LogP contribution in [0.5, 0.6) is 11.5 Å². The number of hydrogen-bond acceptors (Lipinski definition) is 5. The number of hydrogen-bond donors (Lipinski definition) is 2. The molecule has 0 aliphatic carbocycles. The molecule has 20 heavy (non-hydrogen) atoms. The van der Waals surface area contributed by atoms with Gasteiger partial charge in [-0.25, -0.2) is 0 Å². The summed E-state index contributed by atoms with van der Waals surface area (Å²) in [6, 6.07) is 11.2. The van der Waals surface area contributed by atoms with Gasteiger partial charge in [-0.1, -0.05) is 0 Å². The Bertz CT molecular complexity index is 742. The monoisotopic (exact) mass is 335 g/mol. The van der Waals surface area contributed by atoms with Gasteiger partial charge in [-0.3, -0.25) is 0 Å². The van der Waals surface area contributed by atoms with Crippen molar-refractivity contribution < 1.29 is 9.84 Å². The standard InChI is InChI=1S/C14H13N3O2Se/c1-19-10-6-5-9(13(18)7-10)8-15-11-3-2-4-12-14(11)17-20-16-12/h2-7,15,18H,8H2,1H3. The fraction of sp³-hybridized carbons (Fsp3) is 0.143. The Morgan fingerprint density at radius 2 is 2.15 bits per heavy atom. The summed E-state index contributed by atoms with van der Waals surface area (Å²) in [5.41, 5.74) is 3.61. The van der Waals surface area contributed by atoms with Gasteiger partial charge in [0.25, 0.3) is 0 Å². The van der Waals surface area contributed by atoms with Gasteiger partial charge in [0.1, 0.15) is 0 Å². The van der Waals surface area contributed by atoms with E-state index in [2.05, 4.69) is 13.3 Å². The Kier molecular flexibility index (Phi) is 3.58. The number of phenols is 1. The third-order valence-electron chi connectivity index (χ3n) is 3.05. The van der Waals surface area contributed by atoms with Crippen molar-refractivity contribution in [3.8, 4) is 11.5 Å². The zero-order valence-electron chi connectivity index (χ0n) is 10.8. The Hall–Kier alpha value is -2.04. The van der Waals surface area contributed by atoms with Crippen LogP contribution in [-0.4, -0.2) is 35.1 Å². The van der Waals surface area contributed by atoms with Crippen LogP contribution in [0, 0.1) is 0 Å². The number of methoxy groups -OCH3 is 1. The van der Waals surface area contributed by atoms with E-state index in [0.29, 0.717) is 12.3 Å². The summed E-state index contributed by atoms with van der Waals surface area (Å²) in [5.74, 6) is 0.860. The SMILES string of the molecule is COc1ccc(CNc2cccc3n[se]nc23)c(O)c1. The first-order valence-corrected chi connectivity index (χ1v) is 7.62. The summed E-state index contributed by atoms with van der Waals surface area (Å²) in [5, 5.41) is 13.2. The second kappa shape index (κ2) is 5.53. The molecule has 2 aromatic carbocycles. The van der Waals surface area contributed by atoms with E-state index in [1.54, 1.807) is 13.2 Å². The van der Waals surface area contributed by atoms with Crippen LogP contribution < -0.4 is 10.1 Å². The molecule has 3 rings (SSSR count). The van der Waals surface area contributed by atoms with E-state index in [1.165, 1.54) is 0 Å². The second-order valence-electron chi connectivity index (χ2n) is 4.29. The maximum absolute atomic E-state index is 9.94. The average Bonchev–Trinajstić information content (AvgIpc) is 2.95. The summed E-state index contributed by atoms with van der Waals surface area (Å²) in [6.45, 7) is 0.523. The fourth-order valence-electron chi connectivity index (χ4n) is 1.96. The van der Waals surface area contributed by atoms with Crippen LogP contribution in [0.3, 0.4) is 0 Å². The van der Waals surface area contributed by atoms with Crippen LogP contribution in [0.4, 0.5) is 5.69 Å². The van der Waals surface area contributed by atoms with Crippen molar-refractivity contribution in [1.82, 2.24) is 7.96 Å². The number of anilines is 1. The van der Waals surface area contributed by atoms with Crippen molar-refractivity contribution in [3.05, 3.63) is 42.0 Å². The number of rotatable bonds is 4. The molecule has 0 saturated carbocycles. The molecule has 0 unspecified atom stereocenters. The van der Waals surface area contributed by atoms with Gasteiger partial charge in [0, 0.05) is 0 Å². The predicted octanol–water partition coefficient (Wildman–Crippen LogP) is 2.01. The molecule has 102 valence electrons. The number of fused-ring (bicyclic) bond motifs is 1. The first-order chi connectivity index (χ1) is 9.78. The van der Waals surface area contributed by atoms with Gasteiger partial charge in [0.2, 0.25) is 0 Å². The van der Waals surface area contributed by atoms with Gasteiger partial charge in [-0.2, -0.15) is 0 Å². The van der Waals surface area contributed by atoms with Crippen LogP contribution in [-0.2, 0) is 6.54 Å². The molecule has 6 heteroatoms. The van der Waals surface area contributed by atoms with Crippen LogP contribution in [0.2, 0.25) is 0 Å². The topological polar surface area (TPSA) is 67.3 Å². The van der Waals surface area contributed by atoms with Crippen molar-refractivity contribution in [3.63, 3.8) is 0 Å². The molecule has 0 amide bonds. The molecule has 0 aliphatic rings. The Labute approximate surface area is 122 Å². The maximum atomic E-state index is 9.94. The van der Waals surface area contributed by atoms with Crippen molar-refractivity contribution in [1.29, 1.82) is 0 Å². The average molecular weight is 334 g/mol. The van der Waals surface area contributed by atoms with Crippen LogP contribution in [0.1, 0.15) is 5.56 Å². The van der Waals surface area contributed by atoms with Gasteiger partial charge in [0.05, 0.1) is 0 Å². The number of aromatic hydroxyl groups is 1. The number of phenolic OH excluding ortho intramolecular Hbond substituents is 1. The Morgan fingerprint density at radius 1 is 1.25 bits per heavy atom. The third-order valence-corrected chi connectivity index (χ3v) is 4.19. The summed E-state index contributed by atoms with van der Waals surface area (Å²) >= 11 is -0.0393. The van der Waals surface area contributed by atoms with Crippen molar-refractivity contribution >= 4 is 31.7 Å². The molecule has 0 aliphatic heterocycles. The van der Waals surface area contributed by atoms with Gasteiger partial charge in [-0.15, -0.1) is 0 Å². The summed E-state index contributed by atoms with van der Waals surface area (Å²) in [7, 11) is 1.58. The van der Waals surface area contributed by atoms with Gasteiger partial charge in [-0.05, 0) is 0 Å². The summed E-state index contributed by atoms with van der Waals surface area (Å²) in [6.07, 6.45) is 0. The molecular weight excluding hydrogens is 321 g/mol. The van der Waals surface area contributed by atoms with Crippen LogP contribution in [0.15, 0.2) is 36.4 Å². The molecule has 5 nitrogen and oxygen atoms in total. The van der Waals surface area contributed by atoms with E-state index in [4.69, 9.17) is 4.74 Å². The molecule has 0 radical (unpaired) electrons. The number of nitrogens with zero attached hydrogens (tertiary/aromatic N) is 2. The van der Waals surface area contributed by atoms with E-state index in [1.807, 2.05) is 30.3 Å². The molecule has 0 spiro atoms. The van der Waals surface area contributed by atoms with E-state index in [-0.39, 0.29) is 20.7 Å². The molecule has 0 fully saturated rings. The third kappa shape index (κ3) is 2.48. The first kappa shape index (κ1) is 13.0. The van der Waals surface area contributed by atoms with Gasteiger partial charge in [0.15, 0.2) is 0 Å². The quantitative estimate of drug-likeness (QED) is 0.715. The zero-order valence-corrected chi connectivity index (χ0v) is 12.5. The number of benzene rings is 2. The summed E-state index contributed by atoms with van der Waals surface area (Å²) < 4.78 is 13.8.